The van der Waals surface area contributed by atoms with Gasteiger partial charge in [-0.05, 0) is 30.6 Å². The summed E-state index contributed by atoms with van der Waals surface area (Å²) in [6.07, 6.45) is 3.49. The van der Waals surface area contributed by atoms with Crippen LogP contribution in [0, 0.1) is 0 Å². The second-order valence-electron chi connectivity index (χ2n) is 5.97. The van der Waals surface area contributed by atoms with Gasteiger partial charge >= 0.3 is 0 Å². The number of para-hydroxylation sites is 2. The number of H-pyrrole nitrogens is 1. The quantitative estimate of drug-likeness (QED) is 0.704. The highest BCUT2D eigenvalue weighted by Gasteiger charge is 2.21. The maximum absolute atomic E-state index is 12.5. The van der Waals surface area contributed by atoms with Gasteiger partial charge < -0.3 is 15.6 Å². The van der Waals surface area contributed by atoms with Crippen molar-refractivity contribution in [3.63, 3.8) is 0 Å². The Labute approximate surface area is 151 Å². The Morgan fingerprint density at radius 1 is 1.50 bits per heavy atom. The predicted octanol–water partition coefficient (Wildman–Crippen LogP) is 2.57. The summed E-state index contributed by atoms with van der Waals surface area (Å²) in [6, 6.07) is 8.20. The minimum atomic E-state index is -0.0615. The number of aromatic amines is 1. The number of hydrogen-bond acceptors (Lipinski definition) is 5. The van der Waals surface area contributed by atoms with Gasteiger partial charge in [-0.2, -0.15) is 23.5 Å². The number of carbonyl (C=O) groups excluding carboxylic acids is 1. The standard InChI is InChI=1S/C17H24N4OS2/c1-23-8-6-15(17-20-13-4-2-3-5-14(13)21-17)19-16(22)10-12-11-24-9-7-18-12/h2-5,12,15,18H,6-11H2,1H3,(H,19,22)(H,20,21). The van der Waals surface area contributed by atoms with Gasteiger partial charge in [-0.25, -0.2) is 4.98 Å². The van der Waals surface area contributed by atoms with Crippen LogP contribution in [0.1, 0.15) is 24.7 Å². The van der Waals surface area contributed by atoms with Crippen molar-refractivity contribution in [3.8, 4) is 0 Å². The van der Waals surface area contributed by atoms with E-state index in [0.29, 0.717) is 6.42 Å². The molecule has 0 radical (unpaired) electrons. The van der Waals surface area contributed by atoms with Crippen LogP contribution < -0.4 is 10.6 Å². The number of fused-ring (bicyclic) bond motifs is 1. The number of rotatable bonds is 7. The molecule has 130 valence electrons. The molecule has 3 N–H and O–H groups in total. The second-order valence-corrected chi connectivity index (χ2v) is 8.11. The van der Waals surface area contributed by atoms with Crippen molar-refractivity contribution in [1.82, 2.24) is 20.6 Å². The molecular formula is C17H24N4OS2. The minimum absolute atomic E-state index is 0.0615. The van der Waals surface area contributed by atoms with E-state index in [0.717, 1.165) is 47.1 Å². The molecule has 0 saturated carbocycles. The van der Waals surface area contributed by atoms with Gasteiger partial charge in [-0.1, -0.05) is 12.1 Å². The second kappa shape index (κ2) is 8.78. The van der Waals surface area contributed by atoms with E-state index in [2.05, 4.69) is 26.9 Å². The number of thioether (sulfide) groups is 2. The van der Waals surface area contributed by atoms with Crippen LogP contribution in [0.25, 0.3) is 11.0 Å². The first-order valence-electron chi connectivity index (χ1n) is 8.30. The third-order valence-corrected chi connectivity index (χ3v) is 5.89. The van der Waals surface area contributed by atoms with E-state index in [4.69, 9.17) is 0 Å². The van der Waals surface area contributed by atoms with Crippen molar-refractivity contribution in [1.29, 1.82) is 0 Å². The summed E-state index contributed by atoms with van der Waals surface area (Å²) < 4.78 is 0. The highest BCUT2D eigenvalue weighted by atomic mass is 32.2. The van der Waals surface area contributed by atoms with Gasteiger partial charge in [0.2, 0.25) is 5.91 Å². The topological polar surface area (TPSA) is 69.8 Å². The SMILES string of the molecule is CSCCC(NC(=O)CC1CSCCN1)c1nc2ccccc2[nH]1. The molecule has 2 heterocycles. The molecular weight excluding hydrogens is 340 g/mol. The molecule has 2 aromatic rings. The number of nitrogens with zero attached hydrogens (tertiary/aromatic N) is 1. The van der Waals surface area contributed by atoms with Crippen molar-refractivity contribution in [2.45, 2.75) is 24.9 Å². The molecule has 0 bridgehead atoms. The van der Waals surface area contributed by atoms with E-state index >= 15 is 0 Å². The molecule has 0 spiro atoms. The minimum Gasteiger partial charge on any atom is -0.346 e. The van der Waals surface area contributed by atoms with Crippen LogP contribution in [0.4, 0.5) is 0 Å². The zero-order valence-corrected chi connectivity index (χ0v) is 15.5. The van der Waals surface area contributed by atoms with E-state index < -0.39 is 0 Å². The van der Waals surface area contributed by atoms with Crippen LogP contribution in [-0.2, 0) is 4.79 Å². The fourth-order valence-corrected chi connectivity index (χ4v) is 4.30. The summed E-state index contributed by atoms with van der Waals surface area (Å²) in [5.41, 5.74) is 1.96. The lowest BCUT2D eigenvalue weighted by atomic mass is 10.1. The number of benzene rings is 1. The highest BCUT2D eigenvalue weighted by Crippen LogP contribution is 2.20. The van der Waals surface area contributed by atoms with E-state index in [-0.39, 0.29) is 18.0 Å². The fraction of sp³-hybridized carbons (Fsp3) is 0.529. The maximum Gasteiger partial charge on any atom is 0.222 e. The molecule has 1 aliphatic heterocycles. The van der Waals surface area contributed by atoms with Gasteiger partial charge in [0.25, 0.3) is 0 Å². The summed E-state index contributed by atoms with van der Waals surface area (Å²) in [5, 5.41) is 6.60. The van der Waals surface area contributed by atoms with Crippen molar-refractivity contribution < 1.29 is 4.79 Å². The van der Waals surface area contributed by atoms with Crippen LogP contribution in [0.15, 0.2) is 24.3 Å². The van der Waals surface area contributed by atoms with Crippen LogP contribution in [0.3, 0.4) is 0 Å². The first-order valence-corrected chi connectivity index (χ1v) is 10.8. The molecule has 1 amide bonds. The number of carbonyl (C=O) groups is 1. The van der Waals surface area contributed by atoms with Gasteiger partial charge in [-0.15, -0.1) is 0 Å². The zero-order valence-electron chi connectivity index (χ0n) is 13.9. The monoisotopic (exact) mass is 364 g/mol. The van der Waals surface area contributed by atoms with Crippen molar-refractivity contribution >= 4 is 40.5 Å². The Bertz CT molecular complexity index is 636. The number of amides is 1. The van der Waals surface area contributed by atoms with Gasteiger partial charge in [-0.3, -0.25) is 4.79 Å². The molecule has 1 saturated heterocycles. The Kier molecular flexibility index (Phi) is 6.45. The molecule has 1 fully saturated rings. The lowest BCUT2D eigenvalue weighted by Gasteiger charge is -2.24. The van der Waals surface area contributed by atoms with Crippen LogP contribution in [0.5, 0.6) is 0 Å². The Morgan fingerprint density at radius 3 is 3.12 bits per heavy atom. The summed E-state index contributed by atoms with van der Waals surface area (Å²) in [7, 11) is 0. The summed E-state index contributed by atoms with van der Waals surface area (Å²) in [4.78, 5) is 20.5. The molecule has 3 rings (SSSR count). The lowest BCUT2D eigenvalue weighted by molar-refractivity contribution is -0.122. The van der Waals surface area contributed by atoms with Gasteiger partial charge in [0.05, 0.1) is 17.1 Å². The number of nitrogens with one attached hydrogen (secondary N) is 3. The van der Waals surface area contributed by atoms with Crippen LogP contribution >= 0.6 is 23.5 Å². The predicted molar refractivity (Wildman–Crippen MR) is 104 cm³/mol. The number of aromatic nitrogens is 2. The van der Waals surface area contributed by atoms with E-state index in [9.17, 15) is 4.79 Å². The van der Waals surface area contributed by atoms with Crippen molar-refractivity contribution in [3.05, 3.63) is 30.1 Å². The van der Waals surface area contributed by atoms with Crippen LogP contribution in [-0.4, -0.2) is 52.0 Å². The molecule has 2 unspecified atom stereocenters. The fourth-order valence-electron chi connectivity index (χ4n) is 2.88. The van der Waals surface area contributed by atoms with Gasteiger partial charge in [0.1, 0.15) is 5.82 Å². The zero-order chi connectivity index (χ0) is 16.8. The molecule has 1 aromatic heterocycles. The summed E-state index contributed by atoms with van der Waals surface area (Å²) >= 11 is 3.70. The van der Waals surface area contributed by atoms with Gasteiger partial charge in [0, 0.05) is 30.5 Å². The number of imidazole rings is 1. The molecule has 2 atom stereocenters. The maximum atomic E-state index is 12.5. The number of hydrogen-bond donors (Lipinski definition) is 3. The molecule has 1 aromatic carbocycles. The third kappa shape index (κ3) is 4.68. The third-order valence-electron chi connectivity index (χ3n) is 4.11. The average molecular weight is 365 g/mol. The first kappa shape index (κ1) is 17.6. The summed E-state index contributed by atoms with van der Waals surface area (Å²) in [5.74, 6) is 4.08. The van der Waals surface area contributed by atoms with E-state index in [1.165, 1.54) is 0 Å². The van der Waals surface area contributed by atoms with E-state index in [1.807, 2.05) is 36.0 Å². The van der Waals surface area contributed by atoms with Crippen molar-refractivity contribution in [2.24, 2.45) is 0 Å². The average Bonchev–Trinajstić information content (AvgIpc) is 3.03. The Morgan fingerprint density at radius 2 is 2.38 bits per heavy atom. The first-order chi connectivity index (χ1) is 11.8. The van der Waals surface area contributed by atoms with Gasteiger partial charge in [0.15, 0.2) is 0 Å². The van der Waals surface area contributed by atoms with Crippen LogP contribution in [0.2, 0.25) is 0 Å². The van der Waals surface area contributed by atoms with Crippen molar-refractivity contribution in [2.75, 3.05) is 30.1 Å². The highest BCUT2D eigenvalue weighted by molar-refractivity contribution is 7.99. The molecule has 0 aliphatic carbocycles. The molecule has 1 aliphatic rings. The molecule has 7 heteroatoms. The largest absolute Gasteiger partial charge is 0.346 e. The molecule has 5 nitrogen and oxygen atoms in total. The Hall–Kier alpha value is -1.18. The van der Waals surface area contributed by atoms with E-state index in [1.54, 1.807) is 11.8 Å². The normalized spacial score (nSPS) is 19.3. The molecule has 24 heavy (non-hydrogen) atoms. The smallest absolute Gasteiger partial charge is 0.222 e. The summed E-state index contributed by atoms with van der Waals surface area (Å²) in [6.45, 7) is 0.988. The lowest BCUT2D eigenvalue weighted by Crippen LogP contribution is -2.42. The Balaban J connectivity index is 1.67.